The van der Waals surface area contributed by atoms with Gasteiger partial charge in [0.1, 0.15) is 0 Å². The Morgan fingerprint density at radius 1 is 0.978 bits per heavy atom. The number of alkyl halides is 6. The molecular weight excluding hydrogens is 615 g/mol. The molecule has 2 aromatic rings. The van der Waals surface area contributed by atoms with Crippen molar-refractivity contribution in [2.45, 2.75) is 80.8 Å². The third kappa shape index (κ3) is 7.39. The fourth-order valence-electron chi connectivity index (χ4n) is 6.54. The van der Waals surface area contributed by atoms with E-state index in [0.717, 1.165) is 44.4 Å². The first kappa shape index (κ1) is 34.1. The Labute approximate surface area is 254 Å². The molecule has 1 aliphatic heterocycles. The van der Waals surface area contributed by atoms with Crippen LogP contribution in [0.1, 0.15) is 56.1 Å². The molecule has 15 heteroatoms. The Morgan fingerprint density at radius 3 is 2.20 bits per heavy atom. The number of rotatable bonds is 6. The molecule has 3 atom stereocenters. The molecule has 1 heterocycles. The molecule has 3 fully saturated rings. The number of fused-ring (bicyclic) bond motifs is 1. The molecular formula is C30H34F7N3O5. The number of ether oxygens (including phenoxy) is 2. The molecule has 0 aromatic heterocycles. The maximum atomic E-state index is 14.4. The highest BCUT2D eigenvalue weighted by atomic mass is 19.4. The highest BCUT2D eigenvalue weighted by Gasteiger charge is 2.53. The van der Waals surface area contributed by atoms with Gasteiger partial charge in [0.15, 0.2) is 17.3 Å². The number of urea groups is 1. The van der Waals surface area contributed by atoms with E-state index in [2.05, 4.69) is 27.7 Å². The predicted molar refractivity (Wildman–Crippen MR) is 149 cm³/mol. The van der Waals surface area contributed by atoms with Gasteiger partial charge in [0.25, 0.3) is 0 Å². The fraction of sp³-hybridized carbons (Fsp3) is 0.533. The minimum atomic E-state index is -5.08. The molecule has 0 radical (unpaired) electrons. The number of anilines is 1. The van der Waals surface area contributed by atoms with E-state index in [0.29, 0.717) is 36.4 Å². The van der Waals surface area contributed by atoms with Crippen LogP contribution in [0.25, 0.3) is 0 Å². The van der Waals surface area contributed by atoms with Crippen molar-refractivity contribution < 1.29 is 54.9 Å². The second-order valence-corrected chi connectivity index (χ2v) is 11.4. The number of hydrogen-bond donors (Lipinski definition) is 3. The number of carbonyl (C=O) groups excluding carboxylic acids is 1. The molecule has 2 amide bonds. The Kier molecular flexibility index (Phi) is 10.1. The molecule has 1 saturated heterocycles. The monoisotopic (exact) mass is 649 g/mol. The minimum absolute atomic E-state index is 0.100. The first-order valence-corrected chi connectivity index (χ1v) is 14.3. The van der Waals surface area contributed by atoms with Crippen LogP contribution >= 0.6 is 0 Å². The second-order valence-electron chi connectivity index (χ2n) is 11.4. The summed E-state index contributed by atoms with van der Waals surface area (Å²) in [6, 6.07) is 8.78. The predicted octanol–water partition coefficient (Wildman–Crippen LogP) is 6.73. The van der Waals surface area contributed by atoms with E-state index >= 15 is 0 Å². The number of methoxy groups -OCH3 is 2. The van der Waals surface area contributed by atoms with Crippen molar-refractivity contribution in [2.24, 2.45) is 0 Å². The number of carbonyl (C=O) groups is 2. The van der Waals surface area contributed by atoms with Crippen molar-refractivity contribution in [2.75, 3.05) is 26.1 Å². The van der Waals surface area contributed by atoms with Crippen LogP contribution in [0.15, 0.2) is 36.4 Å². The molecule has 5 rings (SSSR count). The summed E-state index contributed by atoms with van der Waals surface area (Å²) >= 11 is 0. The third-order valence-electron chi connectivity index (χ3n) is 8.93. The molecule has 8 nitrogen and oxygen atoms in total. The number of benzene rings is 2. The van der Waals surface area contributed by atoms with Gasteiger partial charge < -0.3 is 25.2 Å². The molecule has 3 aliphatic rings. The van der Waals surface area contributed by atoms with Crippen LogP contribution in [0.4, 0.5) is 41.2 Å². The van der Waals surface area contributed by atoms with Gasteiger partial charge in [-0.25, -0.2) is 14.0 Å². The normalized spacial score (nSPS) is 23.6. The van der Waals surface area contributed by atoms with Crippen LogP contribution in [0.3, 0.4) is 0 Å². The number of halogens is 7. The van der Waals surface area contributed by atoms with Gasteiger partial charge in [0, 0.05) is 23.5 Å². The zero-order valence-electron chi connectivity index (χ0n) is 24.5. The highest BCUT2D eigenvalue weighted by molar-refractivity contribution is 5.89. The van der Waals surface area contributed by atoms with Gasteiger partial charge in [-0.05, 0) is 74.9 Å². The van der Waals surface area contributed by atoms with Gasteiger partial charge in [-0.2, -0.15) is 26.3 Å². The van der Waals surface area contributed by atoms with E-state index < -0.39 is 41.4 Å². The van der Waals surface area contributed by atoms with Crippen LogP contribution in [0.2, 0.25) is 0 Å². The number of carboxylic acids is 1. The largest absolute Gasteiger partial charge is 0.493 e. The quantitative estimate of drug-likeness (QED) is 0.300. The number of nitrogens with one attached hydrogen (secondary N) is 2. The van der Waals surface area contributed by atoms with Crippen molar-refractivity contribution in [3.63, 3.8) is 0 Å². The van der Waals surface area contributed by atoms with Gasteiger partial charge in [-0.3, -0.25) is 4.90 Å². The molecule has 0 bridgehead atoms. The number of likely N-dealkylation sites (tertiary alicyclic amines) is 1. The SMILES string of the molecule is COc1ccc([C@@]23CC[C@@H](NC(=O)Nc4cccc(C(F)(F)F)c4F)C[C@@H]2N(C2CCC2)CC3)cc1OC.O=C(O)C(F)(F)F. The summed E-state index contributed by atoms with van der Waals surface area (Å²) in [5, 5.41) is 12.3. The van der Waals surface area contributed by atoms with Gasteiger partial charge in [-0.1, -0.05) is 18.6 Å². The summed E-state index contributed by atoms with van der Waals surface area (Å²) in [5.74, 6) is -2.89. The zero-order chi connectivity index (χ0) is 33.2. The molecule has 2 aromatic carbocycles. The van der Waals surface area contributed by atoms with Gasteiger partial charge >= 0.3 is 24.4 Å². The van der Waals surface area contributed by atoms with E-state index in [1.165, 1.54) is 12.0 Å². The Balaban J connectivity index is 0.000000591. The zero-order valence-corrected chi connectivity index (χ0v) is 24.5. The summed E-state index contributed by atoms with van der Waals surface area (Å²) in [7, 11) is 3.23. The minimum Gasteiger partial charge on any atom is -0.493 e. The molecule has 248 valence electrons. The summed E-state index contributed by atoms with van der Waals surface area (Å²) in [5.41, 5.74) is -0.813. The third-order valence-corrected chi connectivity index (χ3v) is 8.93. The average molecular weight is 650 g/mol. The number of carboxylic acid groups (broad SMARTS) is 1. The highest BCUT2D eigenvalue weighted by Crippen LogP contribution is 2.52. The Bertz CT molecular complexity index is 1380. The van der Waals surface area contributed by atoms with Crippen LogP contribution in [-0.2, 0) is 16.4 Å². The van der Waals surface area contributed by atoms with E-state index in [1.807, 2.05) is 6.07 Å². The average Bonchev–Trinajstić information content (AvgIpc) is 3.31. The van der Waals surface area contributed by atoms with Crippen LogP contribution < -0.4 is 20.1 Å². The summed E-state index contributed by atoms with van der Waals surface area (Å²) < 4.78 is 96.4. The second kappa shape index (κ2) is 13.3. The summed E-state index contributed by atoms with van der Waals surface area (Å²) in [6.07, 6.45) is -3.17. The molecule has 45 heavy (non-hydrogen) atoms. The van der Waals surface area contributed by atoms with Crippen LogP contribution in [0.5, 0.6) is 11.5 Å². The van der Waals surface area contributed by atoms with E-state index in [9.17, 15) is 35.5 Å². The molecule has 2 aliphatic carbocycles. The lowest BCUT2D eigenvalue weighted by Gasteiger charge is -2.48. The van der Waals surface area contributed by atoms with Crippen molar-refractivity contribution >= 4 is 17.7 Å². The summed E-state index contributed by atoms with van der Waals surface area (Å²) in [4.78, 5) is 24.2. The van der Waals surface area contributed by atoms with Crippen molar-refractivity contribution in [3.8, 4) is 11.5 Å². The van der Waals surface area contributed by atoms with Gasteiger partial charge in [0.05, 0.1) is 25.5 Å². The van der Waals surface area contributed by atoms with Crippen LogP contribution in [0, 0.1) is 5.82 Å². The topological polar surface area (TPSA) is 100 Å². The first-order chi connectivity index (χ1) is 21.1. The lowest BCUT2D eigenvalue weighted by atomic mass is 9.64. The standard InChI is InChI=1S/C28H33F4N3O3.C2HF3O2/c1-37-22-10-9-17(15-23(22)38-2)27-12-11-18(16-24(27)35(14-13-27)19-5-3-6-19)33-26(36)34-21-8-4-7-20(25(21)29)28(30,31)32;3-2(4,5)1(6)7/h4,7-10,15,18-19,24H,3,5-6,11-14,16H2,1-2H3,(H2,33,34,36);(H,6,7)/t18-,24+,27+;/m1./s1. The Morgan fingerprint density at radius 2 is 1.64 bits per heavy atom. The summed E-state index contributed by atoms with van der Waals surface area (Å²) in [6.45, 7) is 0.970. The smallest absolute Gasteiger partial charge is 0.490 e. The first-order valence-electron chi connectivity index (χ1n) is 14.3. The van der Waals surface area contributed by atoms with E-state index in [4.69, 9.17) is 19.4 Å². The van der Waals surface area contributed by atoms with Crippen molar-refractivity contribution in [3.05, 3.63) is 53.3 Å². The van der Waals surface area contributed by atoms with Crippen molar-refractivity contribution in [1.82, 2.24) is 10.2 Å². The molecule has 0 unspecified atom stereocenters. The van der Waals surface area contributed by atoms with Crippen LogP contribution in [-0.4, -0.2) is 67.1 Å². The number of aliphatic carboxylic acids is 1. The fourth-order valence-corrected chi connectivity index (χ4v) is 6.54. The maximum Gasteiger partial charge on any atom is 0.490 e. The lowest BCUT2D eigenvalue weighted by Crippen LogP contribution is -2.55. The van der Waals surface area contributed by atoms with Crippen molar-refractivity contribution in [1.29, 1.82) is 0 Å². The number of hydrogen-bond acceptors (Lipinski definition) is 5. The van der Waals surface area contributed by atoms with Gasteiger partial charge in [0.2, 0.25) is 0 Å². The van der Waals surface area contributed by atoms with E-state index in [-0.39, 0.29) is 17.5 Å². The number of amides is 2. The maximum absolute atomic E-state index is 14.4. The lowest BCUT2D eigenvalue weighted by molar-refractivity contribution is -0.192. The molecule has 2 saturated carbocycles. The van der Waals surface area contributed by atoms with E-state index in [1.54, 1.807) is 14.2 Å². The Hall–Kier alpha value is -3.75. The van der Waals surface area contributed by atoms with Gasteiger partial charge in [-0.15, -0.1) is 0 Å². The molecule has 0 spiro atoms. The molecule has 3 N–H and O–H groups in total. The number of nitrogens with zero attached hydrogens (tertiary/aromatic N) is 1.